The quantitative estimate of drug-likeness (QED) is 0.502. The highest BCUT2D eigenvalue weighted by atomic mass is 16.3. The van der Waals surface area contributed by atoms with Crippen LogP contribution in [0, 0.1) is 0 Å². The predicted molar refractivity (Wildman–Crippen MR) is 93.6 cm³/mol. The van der Waals surface area contributed by atoms with Crippen molar-refractivity contribution in [2.24, 2.45) is 0 Å². The van der Waals surface area contributed by atoms with Crippen LogP contribution in [0.3, 0.4) is 0 Å². The molecule has 0 aliphatic heterocycles. The van der Waals surface area contributed by atoms with Crippen LogP contribution in [0.25, 0.3) is 0 Å². The number of hydrogen-bond acceptors (Lipinski definition) is 1. The van der Waals surface area contributed by atoms with Crippen LogP contribution in [-0.4, -0.2) is 11.2 Å². The summed E-state index contributed by atoms with van der Waals surface area (Å²) in [5.74, 6) is 0. The van der Waals surface area contributed by atoms with Crippen LogP contribution in [-0.2, 0) is 0 Å². The number of aliphatic hydroxyl groups is 1. The van der Waals surface area contributed by atoms with Crippen LogP contribution >= 0.6 is 0 Å². The molecule has 1 rings (SSSR count). The first kappa shape index (κ1) is 18.7. The topological polar surface area (TPSA) is 20.2 Å². The highest BCUT2D eigenvalue weighted by Gasteiger charge is 2.03. The van der Waals surface area contributed by atoms with Crippen molar-refractivity contribution in [2.75, 3.05) is 0 Å². The third-order valence-corrected chi connectivity index (χ3v) is 4.73. The van der Waals surface area contributed by atoms with Gasteiger partial charge in [-0.05, 0) is 38.5 Å². The van der Waals surface area contributed by atoms with Crippen LogP contribution in [0.15, 0.2) is 12.2 Å². The molecular weight excluding hydrogens is 256 g/mol. The standard InChI is InChI=1S/C20H38O/c21-20-18-16-14-12-10-8-6-4-2-1-3-5-7-9-11-13-15-17-19-20/h1-2,20-21H,3-19H2/b2-1-. The summed E-state index contributed by atoms with van der Waals surface area (Å²) in [6.07, 6.45) is 26.9. The van der Waals surface area contributed by atoms with Crippen molar-refractivity contribution < 1.29 is 5.11 Å². The van der Waals surface area contributed by atoms with Gasteiger partial charge in [-0.15, -0.1) is 0 Å². The van der Waals surface area contributed by atoms with E-state index < -0.39 is 0 Å². The maximum atomic E-state index is 9.96. The Morgan fingerprint density at radius 2 is 0.810 bits per heavy atom. The van der Waals surface area contributed by atoms with Crippen LogP contribution in [0.1, 0.15) is 109 Å². The summed E-state index contributed by atoms with van der Waals surface area (Å²) in [5.41, 5.74) is 0. The van der Waals surface area contributed by atoms with Gasteiger partial charge in [0.25, 0.3) is 0 Å². The summed E-state index contributed by atoms with van der Waals surface area (Å²) in [6.45, 7) is 0. The Bertz CT molecular complexity index is 234. The van der Waals surface area contributed by atoms with E-state index in [2.05, 4.69) is 12.2 Å². The zero-order valence-electron chi connectivity index (χ0n) is 14.2. The van der Waals surface area contributed by atoms with E-state index >= 15 is 0 Å². The third-order valence-electron chi connectivity index (χ3n) is 4.73. The van der Waals surface area contributed by atoms with E-state index in [0.29, 0.717) is 0 Å². The monoisotopic (exact) mass is 294 g/mol. The molecule has 1 nitrogen and oxygen atoms in total. The fourth-order valence-corrected chi connectivity index (χ4v) is 3.26. The first-order chi connectivity index (χ1) is 10.4. The van der Waals surface area contributed by atoms with Crippen molar-refractivity contribution in [3.05, 3.63) is 12.2 Å². The van der Waals surface area contributed by atoms with Gasteiger partial charge in [-0.1, -0.05) is 82.8 Å². The van der Waals surface area contributed by atoms with E-state index in [9.17, 15) is 5.11 Å². The van der Waals surface area contributed by atoms with Gasteiger partial charge in [0.1, 0.15) is 0 Å². The largest absolute Gasteiger partial charge is 0.393 e. The molecule has 0 aromatic carbocycles. The zero-order valence-corrected chi connectivity index (χ0v) is 14.2. The second-order valence-corrected chi connectivity index (χ2v) is 6.88. The Hall–Kier alpha value is -0.300. The van der Waals surface area contributed by atoms with Crippen LogP contribution in [0.4, 0.5) is 0 Å². The third kappa shape index (κ3) is 13.1. The lowest BCUT2D eigenvalue weighted by atomic mass is 10.0. The number of hydrogen-bond donors (Lipinski definition) is 1. The normalized spacial score (nSPS) is 27.8. The van der Waals surface area contributed by atoms with E-state index in [1.165, 1.54) is 96.3 Å². The van der Waals surface area contributed by atoms with Crippen molar-refractivity contribution in [3.8, 4) is 0 Å². The highest BCUT2D eigenvalue weighted by Crippen LogP contribution is 2.15. The first-order valence-electron chi connectivity index (χ1n) is 9.72. The van der Waals surface area contributed by atoms with Gasteiger partial charge in [0.15, 0.2) is 0 Å². The van der Waals surface area contributed by atoms with Gasteiger partial charge >= 0.3 is 0 Å². The molecule has 0 spiro atoms. The molecule has 1 unspecified atom stereocenters. The molecule has 1 N–H and O–H groups in total. The van der Waals surface area contributed by atoms with Gasteiger partial charge in [0, 0.05) is 0 Å². The molecule has 0 aromatic heterocycles. The molecule has 21 heavy (non-hydrogen) atoms. The lowest BCUT2D eigenvalue weighted by Crippen LogP contribution is -2.05. The molecule has 0 saturated carbocycles. The average Bonchev–Trinajstić information content (AvgIpc) is 2.48. The molecule has 0 bridgehead atoms. The molecule has 1 heteroatoms. The van der Waals surface area contributed by atoms with Gasteiger partial charge in [-0.3, -0.25) is 0 Å². The lowest BCUT2D eigenvalue weighted by molar-refractivity contribution is 0.147. The smallest absolute Gasteiger partial charge is 0.0540 e. The summed E-state index contributed by atoms with van der Waals surface area (Å²) in [4.78, 5) is 0. The minimum atomic E-state index is -0.0271. The minimum absolute atomic E-state index is 0.0271. The van der Waals surface area contributed by atoms with Crippen LogP contribution in [0.2, 0.25) is 0 Å². The highest BCUT2D eigenvalue weighted by molar-refractivity contribution is 4.81. The molecule has 0 amide bonds. The molecular formula is C20H38O. The molecule has 0 fully saturated rings. The van der Waals surface area contributed by atoms with Gasteiger partial charge in [-0.2, -0.15) is 0 Å². The van der Waals surface area contributed by atoms with E-state index in [4.69, 9.17) is 0 Å². The van der Waals surface area contributed by atoms with Crippen molar-refractivity contribution in [3.63, 3.8) is 0 Å². The summed E-state index contributed by atoms with van der Waals surface area (Å²) < 4.78 is 0. The van der Waals surface area contributed by atoms with Crippen LogP contribution in [0.5, 0.6) is 0 Å². The fourth-order valence-electron chi connectivity index (χ4n) is 3.26. The van der Waals surface area contributed by atoms with Crippen molar-refractivity contribution in [1.82, 2.24) is 0 Å². The molecule has 0 aromatic rings. The Balaban J connectivity index is 2.13. The van der Waals surface area contributed by atoms with E-state index in [0.717, 1.165) is 12.8 Å². The summed E-state index contributed by atoms with van der Waals surface area (Å²) in [6, 6.07) is 0. The SMILES string of the molecule is OC1CCCCCCCC/C=C\CCCCCCCCC1. The van der Waals surface area contributed by atoms with E-state index in [1.54, 1.807) is 0 Å². The average molecular weight is 295 g/mol. The Kier molecular flexibility index (Phi) is 13.1. The lowest BCUT2D eigenvalue weighted by Gasteiger charge is -2.10. The molecule has 0 saturated heterocycles. The Morgan fingerprint density at radius 1 is 0.476 bits per heavy atom. The summed E-state index contributed by atoms with van der Waals surface area (Å²) in [7, 11) is 0. The Morgan fingerprint density at radius 3 is 1.24 bits per heavy atom. The van der Waals surface area contributed by atoms with Gasteiger partial charge in [0.05, 0.1) is 6.10 Å². The maximum Gasteiger partial charge on any atom is 0.0540 e. The number of aliphatic hydroxyl groups excluding tert-OH is 1. The maximum absolute atomic E-state index is 9.96. The molecule has 124 valence electrons. The second-order valence-electron chi connectivity index (χ2n) is 6.88. The molecule has 0 heterocycles. The number of rotatable bonds is 0. The first-order valence-corrected chi connectivity index (χ1v) is 9.72. The van der Waals surface area contributed by atoms with Gasteiger partial charge in [0.2, 0.25) is 0 Å². The van der Waals surface area contributed by atoms with Crippen molar-refractivity contribution in [1.29, 1.82) is 0 Å². The van der Waals surface area contributed by atoms with Crippen molar-refractivity contribution >= 4 is 0 Å². The fraction of sp³-hybridized carbons (Fsp3) is 0.900. The molecule has 1 aliphatic carbocycles. The minimum Gasteiger partial charge on any atom is -0.393 e. The van der Waals surface area contributed by atoms with E-state index in [-0.39, 0.29) is 6.10 Å². The number of allylic oxidation sites excluding steroid dienone is 2. The molecule has 0 radical (unpaired) electrons. The summed E-state index contributed by atoms with van der Waals surface area (Å²) in [5, 5.41) is 9.96. The summed E-state index contributed by atoms with van der Waals surface area (Å²) >= 11 is 0. The molecule has 1 aliphatic rings. The van der Waals surface area contributed by atoms with Gasteiger partial charge < -0.3 is 5.11 Å². The van der Waals surface area contributed by atoms with Crippen molar-refractivity contribution in [2.45, 2.75) is 115 Å². The van der Waals surface area contributed by atoms with Crippen LogP contribution < -0.4 is 0 Å². The predicted octanol–water partition coefficient (Wildman–Crippen LogP) is 6.55. The molecule has 1 atom stereocenters. The second kappa shape index (κ2) is 14.6. The zero-order chi connectivity index (χ0) is 15.0. The van der Waals surface area contributed by atoms with E-state index in [1.807, 2.05) is 0 Å². The van der Waals surface area contributed by atoms with Gasteiger partial charge in [-0.25, -0.2) is 0 Å². The Labute approximate surface area is 133 Å².